The largest absolute Gasteiger partial charge is 0.486 e. The Morgan fingerprint density at radius 2 is 1.75 bits per heavy atom. The summed E-state index contributed by atoms with van der Waals surface area (Å²) in [6, 6.07) is 16.1. The van der Waals surface area contributed by atoms with Crippen LogP contribution in [0, 0.1) is 0 Å². The summed E-state index contributed by atoms with van der Waals surface area (Å²) in [4.78, 5) is 14.9. The number of fused-ring (bicyclic) bond motifs is 1. The number of Topliss-reactive ketones (excluding diaryl/α,β-unsaturated/α-hetero) is 1. The zero-order chi connectivity index (χ0) is 16.6. The van der Waals surface area contributed by atoms with Crippen LogP contribution >= 0.6 is 15.9 Å². The Labute approximate surface area is 150 Å². The molecule has 4 rings (SSSR count). The number of hydrogen-bond acceptors (Lipinski definition) is 3. The predicted molar refractivity (Wildman–Crippen MR) is 97.4 cm³/mol. The molecule has 2 heterocycles. The molecule has 1 fully saturated rings. The molecule has 2 aromatic carbocycles. The normalized spacial score (nSPS) is 19.8. The first kappa shape index (κ1) is 15.9. The van der Waals surface area contributed by atoms with Crippen molar-refractivity contribution in [2.75, 3.05) is 13.1 Å². The maximum absolute atomic E-state index is 12.5. The van der Waals surface area contributed by atoms with Gasteiger partial charge >= 0.3 is 0 Å². The fourth-order valence-corrected chi connectivity index (χ4v) is 3.95. The van der Waals surface area contributed by atoms with Crippen molar-refractivity contribution in [2.45, 2.75) is 31.4 Å². The molecule has 2 aromatic rings. The van der Waals surface area contributed by atoms with E-state index in [-0.39, 0.29) is 11.4 Å². The van der Waals surface area contributed by atoms with Crippen LogP contribution < -0.4 is 4.74 Å². The number of halogens is 1. The molecule has 2 aliphatic rings. The van der Waals surface area contributed by atoms with Gasteiger partial charge in [-0.05, 0) is 29.8 Å². The fourth-order valence-electron chi connectivity index (χ4n) is 3.69. The molecule has 0 aromatic heterocycles. The number of ether oxygens (including phenoxy) is 1. The highest BCUT2D eigenvalue weighted by atomic mass is 79.9. The van der Waals surface area contributed by atoms with Crippen LogP contribution in [0.15, 0.2) is 53.0 Å². The van der Waals surface area contributed by atoms with Crippen LogP contribution in [-0.4, -0.2) is 29.4 Å². The minimum atomic E-state index is -0.304. The van der Waals surface area contributed by atoms with Crippen molar-refractivity contribution in [2.24, 2.45) is 0 Å². The van der Waals surface area contributed by atoms with Crippen molar-refractivity contribution in [3.63, 3.8) is 0 Å². The van der Waals surface area contributed by atoms with E-state index in [0.29, 0.717) is 6.42 Å². The second-order valence-electron chi connectivity index (χ2n) is 6.78. The Bertz CT molecular complexity index is 748. The Hall–Kier alpha value is -1.65. The van der Waals surface area contributed by atoms with E-state index in [4.69, 9.17) is 4.74 Å². The summed E-state index contributed by atoms with van der Waals surface area (Å²) in [7, 11) is 0. The summed E-state index contributed by atoms with van der Waals surface area (Å²) in [6.07, 6.45) is 2.32. The highest BCUT2D eigenvalue weighted by molar-refractivity contribution is 9.10. The van der Waals surface area contributed by atoms with Crippen LogP contribution in [0.2, 0.25) is 0 Å². The molecule has 0 atom stereocenters. The van der Waals surface area contributed by atoms with Gasteiger partial charge in [0.1, 0.15) is 11.4 Å². The van der Waals surface area contributed by atoms with E-state index in [1.54, 1.807) is 0 Å². The van der Waals surface area contributed by atoms with Gasteiger partial charge in [0.15, 0.2) is 5.78 Å². The smallest absolute Gasteiger partial charge is 0.170 e. The molecule has 4 heteroatoms. The second kappa shape index (κ2) is 6.34. The third-order valence-electron chi connectivity index (χ3n) is 5.08. The number of hydrogen-bond donors (Lipinski definition) is 0. The second-order valence-corrected chi connectivity index (χ2v) is 7.70. The van der Waals surface area contributed by atoms with Crippen LogP contribution in [0.5, 0.6) is 5.75 Å². The lowest BCUT2D eigenvalue weighted by Gasteiger charge is -2.44. The van der Waals surface area contributed by atoms with E-state index in [1.165, 1.54) is 5.56 Å². The van der Waals surface area contributed by atoms with Gasteiger partial charge in [0.2, 0.25) is 0 Å². The topological polar surface area (TPSA) is 29.5 Å². The van der Waals surface area contributed by atoms with Crippen molar-refractivity contribution >= 4 is 21.7 Å². The number of piperidine rings is 1. The van der Waals surface area contributed by atoms with Crippen molar-refractivity contribution in [1.29, 1.82) is 0 Å². The molecule has 2 aliphatic heterocycles. The van der Waals surface area contributed by atoms with Crippen molar-refractivity contribution in [3.8, 4) is 5.75 Å². The molecule has 3 nitrogen and oxygen atoms in total. The maximum atomic E-state index is 12.5. The lowest BCUT2D eigenvalue weighted by molar-refractivity contribution is -0.0107. The number of benzene rings is 2. The summed E-state index contributed by atoms with van der Waals surface area (Å²) in [5, 5.41) is 0. The first-order valence-corrected chi connectivity index (χ1v) is 9.21. The van der Waals surface area contributed by atoms with E-state index >= 15 is 0 Å². The average Bonchev–Trinajstić information content (AvgIpc) is 2.59. The van der Waals surface area contributed by atoms with Gasteiger partial charge < -0.3 is 4.74 Å². The van der Waals surface area contributed by atoms with Gasteiger partial charge in [0.05, 0.1) is 12.0 Å². The third-order valence-corrected chi connectivity index (χ3v) is 5.61. The summed E-state index contributed by atoms with van der Waals surface area (Å²) in [6.45, 7) is 2.88. The molecule has 0 amide bonds. The number of likely N-dealkylation sites (tertiary alicyclic amines) is 1. The van der Waals surface area contributed by atoms with Gasteiger partial charge in [-0.3, -0.25) is 9.69 Å². The highest BCUT2D eigenvalue weighted by Crippen LogP contribution is 2.39. The zero-order valence-corrected chi connectivity index (χ0v) is 15.1. The minimum absolute atomic E-state index is 0.221. The molecule has 0 saturated carbocycles. The van der Waals surface area contributed by atoms with Gasteiger partial charge in [0.25, 0.3) is 0 Å². The predicted octanol–water partition coefficient (Wildman–Crippen LogP) is 4.45. The monoisotopic (exact) mass is 385 g/mol. The molecule has 0 bridgehead atoms. The van der Waals surface area contributed by atoms with Crippen LogP contribution in [-0.2, 0) is 6.54 Å². The molecule has 124 valence electrons. The summed E-state index contributed by atoms with van der Waals surface area (Å²) in [5.74, 6) is 0.980. The van der Waals surface area contributed by atoms with Gasteiger partial charge in [-0.15, -0.1) is 0 Å². The Morgan fingerprint density at radius 1 is 1.04 bits per heavy atom. The van der Waals surface area contributed by atoms with E-state index in [9.17, 15) is 4.79 Å². The third kappa shape index (κ3) is 3.13. The van der Waals surface area contributed by atoms with E-state index in [1.807, 2.05) is 24.3 Å². The molecule has 1 saturated heterocycles. The number of ketones is 1. The van der Waals surface area contributed by atoms with Crippen molar-refractivity contribution in [1.82, 2.24) is 4.90 Å². The minimum Gasteiger partial charge on any atom is -0.486 e. The maximum Gasteiger partial charge on any atom is 0.170 e. The molecule has 1 spiro atoms. The number of nitrogens with zero attached hydrogens (tertiary/aromatic N) is 1. The van der Waals surface area contributed by atoms with Crippen LogP contribution in [0.25, 0.3) is 0 Å². The van der Waals surface area contributed by atoms with Crippen LogP contribution in [0.3, 0.4) is 0 Å². The first-order valence-electron chi connectivity index (χ1n) is 8.42. The van der Waals surface area contributed by atoms with E-state index in [2.05, 4.69) is 45.1 Å². The summed E-state index contributed by atoms with van der Waals surface area (Å²) in [5.41, 5.74) is 1.75. The lowest BCUT2D eigenvalue weighted by atomic mass is 9.82. The number of para-hydroxylation sites is 1. The SMILES string of the molecule is O=C1CC2(CCN(Cc3ccc(Br)cc3)CC2)Oc2ccccc21. The molecule has 0 unspecified atom stereocenters. The Morgan fingerprint density at radius 3 is 2.50 bits per heavy atom. The van der Waals surface area contributed by atoms with E-state index < -0.39 is 0 Å². The molecular formula is C20H20BrNO2. The Balaban J connectivity index is 1.43. The molecular weight excluding hydrogens is 366 g/mol. The van der Waals surface area contributed by atoms with Gasteiger partial charge in [0, 0.05) is 36.9 Å². The van der Waals surface area contributed by atoms with Crippen molar-refractivity contribution < 1.29 is 9.53 Å². The van der Waals surface area contributed by atoms with Crippen LogP contribution in [0.4, 0.5) is 0 Å². The van der Waals surface area contributed by atoms with Gasteiger partial charge in [-0.25, -0.2) is 0 Å². The van der Waals surface area contributed by atoms with E-state index in [0.717, 1.165) is 48.3 Å². The van der Waals surface area contributed by atoms with Gasteiger partial charge in [-0.2, -0.15) is 0 Å². The lowest BCUT2D eigenvalue weighted by Crippen LogP contribution is -2.50. The zero-order valence-electron chi connectivity index (χ0n) is 13.5. The number of rotatable bonds is 2. The number of carbonyl (C=O) groups excluding carboxylic acids is 1. The molecule has 0 radical (unpaired) electrons. The standard InChI is InChI=1S/C20H20BrNO2/c21-16-7-5-15(6-8-16)14-22-11-9-20(10-12-22)13-18(23)17-3-1-2-4-19(17)24-20/h1-8H,9-14H2. The average molecular weight is 386 g/mol. The highest BCUT2D eigenvalue weighted by Gasteiger charge is 2.42. The quantitative estimate of drug-likeness (QED) is 0.764. The fraction of sp³-hybridized carbons (Fsp3) is 0.350. The summed E-state index contributed by atoms with van der Waals surface area (Å²) < 4.78 is 7.40. The van der Waals surface area contributed by atoms with Crippen molar-refractivity contribution in [3.05, 3.63) is 64.1 Å². The Kier molecular flexibility index (Phi) is 4.19. The molecule has 0 aliphatic carbocycles. The summed E-state index contributed by atoms with van der Waals surface area (Å²) >= 11 is 3.48. The van der Waals surface area contributed by atoms with Gasteiger partial charge in [-0.1, -0.05) is 40.2 Å². The first-order chi connectivity index (χ1) is 11.6. The number of carbonyl (C=O) groups is 1. The molecule has 24 heavy (non-hydrogen) atoms. The molecule has 0 N–H and O–H groups in total. The van der Waals surface area contributed by atoms with Crippen LogP contribution in [0.1, 0.15) is 35.2 Å².